The third-order valence-electron chi connectivity index (χ3n) is 1.58. The molecule has 1 aromatic heterocycles. The molecule has 0 saturated heterocycles. The first-order valence-electron chi connectivity index (χ1n) is 3.59. The Morgan fingerprint density at radius 1 is 1.31 bits per heavy atom. The number of fused-ring (bicyclic) bond motifs is 1. The van der Waals surface area contributed by atoms with Gasteiger partial charge in [0.15, 0.2) is 0 Å². The molecule has 0 N–H and O–H groups in total. The molecule has 60 valence electrons. The van der Waals surface area contributed by atoms with E-state index >= 15 is 0 Å². The second kappa shape index (κ2) is 4.99. The fourth-order valence-corrected chi connectivity index (χ4v) is 1.13. The average Bonchev–Trinajstić information content (AvgIpc) is 2.17. The average molecular weight is 267 g/mol. The van der Waals surface area contributed by atoms with Crippen molar-refractivity contribution in [2.24, 2.45) is 0 Å². The van der Waals surface area contributed by atoms with Crippen LogP contribution in [0.3, 0.4) is 0 Å². The second-order valence-electron chi connectivity index (χ2n) is 2.40. The number of halogens is 1. The van der Waals surface area contributed by atoms with Crippen LogP contribution in [0, 0.1) is 6.20 Å². The summed E-state index contributed by atoms with van der Waals surface area (Å²) in [5.74, 6) is 0.955. The number of para-hydroxylation sites is 1. The van der Waals surface area contributed by atoms with Crippen molar-refractivity contribution in [1.82, 2.24) is 9.97 Å². The van der Waals surface area contributed by atoms with Crippen molar-refractivity contribution >= 4 is 22.5 Å². The summed E-state index contributed by atoms with van der Waals surface area (Å²) in [7, 11) is 0. The van der Waals surface area contributed by atoms with Crippen LogP contribution in [0.2, 0.25) is 0 Å². The van der Waals surface area contributed by atoms with Crippen LogP contribution >= 0.6 is 11.6 Å². The van der Waals surface area contributed by atoms with Crippen LogP contribution < -0.4 is 0 Å². The van der Waals surface area contributed by atoms with Gasteiger partial charge in [0.25, 0.3) is 0 Å². The first-order chi connectivity index (χ1) is 5.90. The summed E-state index contributed by atoms with van der Waals surface area (Å²) in [5, 5.41) is 0.923. The van der Waals surface area contributed by atoms with Gasteiger partial charge in [-0.05, 0) is 11.7 Å². The molecule has 0 amide bonds. The minimum Gasteiger partial charge on any atom is -0.337 e. The Morgan fingerprint density at radius 2 is 2.08 bits per heavy atom. The Bertz CT molecular complexity index is 405. The zero-order valence-electron chi connectivity index (χ0n) is 6.87. The van der Waals surface area contributed by atoms with E-state index in [2.05, 4.69) is 16.2 Å². The molecular weight excluding hydrogens is 260 g/mol. The van der Waals surface area contributed by atoms with Gasteiger partial charge in [0, 0.05) is 5.88 Å². The topological polar surface area (TPSA) is 25.8 Å². The molecule has 0 aliphatic heterocycles. The summed E-state index contributed by atoms with van der Waals surface area (Å²) in [6.45, 7) is 0. The Balaban J connectivity index is 0.000000845. The summed E-state index contributed by atoms with van der Waals surface area (Å²) in [5.41, 5.74) is 0.892. The summed E-state index contributed by atoms with van der Waals surface area (Å²) in [6.07, 6.45) is 2.87. The summed E-state index contributed by atoms with van der Waals surface area (Å²) >= 11 is 5.58. The maximum Gasteiger partial charge on any atom is 3.00 e. The normalized spacial score (nSPS) is 9.62. The van der Waals surface area contributed by atoms with Gasteiger partial charge in [-0.1, -0.05) is 12.1 Å². The van der Waals surface area contributed by atoms with Crippen molar-refractivity contribution in [3.05, 3.63) is 36.3 Å². The van der Waals surface area contributed by atoms with Gasteiger partial charge in [0.05, 0.1) is 5.82 Å². The molecule has 0 bridgehead atoms. The van der Waals surface area contributed by atoms with Crippen molar-refractivity contribution < 1.29 is 32.7 Å². The molecule has 1 aromatic carbocycles. The first-order valence-corrected chi connectivity index (χ1v) is 4.13. The summed E-state index contributed by atoms with van der Waals surface area (Å²) in [4.78, 5) is 8.18. The van der Waals surface area contributed by atoms with E-state index in [0.29, 0.717) is 11.7 Å². The molecule has 0 saturated carbocycles. The van der Waals surface area contributed by atoms with Gasteiger partial charge in [-0.25, -0.2) is 0 Å². The van der Waals surface area contributed by atoms with Gasteiger partial charge < -0.3 is 9.97 Å². The molecular formula is C9H6ClN2Y+2. The smallest absolute Gasteiger partial charge is 0.337 e. The van der Waals surface area contributed by atoms with E-state index in [1.54, 1.807) is 0 Å². The Hall–Kier alpha value is -0.0461. The number of nitrogens with zero attached hydrogens (tertiary/aromatic N) is 2. The fourth-order valence-electron chi connectivity index (χ4n) is 1.01. The predicted molar refractivity (Wildman–Crippen MR) is 47.9 cm³/mol. The van der Waals surface area contributed by atoms with E-state index in [0.717, 1.165) is 10.9 Å². The quantitative estimate of drug-likeness (QED) is 0.584. The standard InChI is InChI=1S/C9H6ClN2.Y/c10-5-9-11-6-7-3-1-2-4-8(7)12-9;/h1-4H,5H2;/q-1;+3. The van der Waals surface area contributed by atoms with Crippen molar-refractivity contribution in [3.63, 3.8) is 0 Å². The van der Waals surface area contributed by atoms with Gasteiger partial charge in [0.2, 0.25) is 0 Å². The van der Waals surface area contributed by atoms with Gasteiger partial charge in [-0.2, -0.15) is 0 Å². The number of aromatic nitrogens is 2. The van der Waals surface area contributed by atoms with Crippen LogP contribution in [0.1, 0.15) is 5.82 Å². The molecule has 1 heterocycles. The number of hydrogen-bond acceptors (Lipinski definition) is 2. The second-order valence-corrected chi connectivity index (χ2v) is 2.67. The zero-order valence-corrected chi connectivity index (χ0v) is 10.5. The van der Waals surface area contributed by atoms with E-state index in [1.165, 1.54) is 0 Å². The maximum atomic E-state index is 5.58. The van der Waals surface area contributed by atoms with E-state index in [4.69, 9.17) is 11.6 Å². The molecule has 0 aliphatic rings. The third kappa shape index (κ3) is 2.46. The van der Waals surface area contributed by atoms with Gasteiger partial charge >= 0.3 is 32.7 Å². The molecule has 2 rings (SSSR count). The molecule has 13 heavy (non-hydrogen) atoms. The molecule has 0 aliphatic carbocycles. The molecule has 0 spiro atoms. The largest absolute Gasteiger partial charge is 3.00 e. The van der Waals surface area contributed by atoms with Crippen molar-refractivity contribution in [3.8, 4) is 0 Å². The Kier molecular flexibility index (Phi) is 4.23. The van der Waals surface area contributed by atoms with Crippen molar-refractivity contribution in [2.75, 3.05) is 0 Å². The van der Waals surface area contributed by atoms with Crippen molar-refractivity contribution in [2.45, 2.75) is 5.88 Å². The molecule has 0 radical (unpaired) electrons. The first kappa shape index (κ1) is 11.0. The Labute approximate surface area is 107 Å². The van der Waals surface area contributed by atoms with Gasteiger partial charge in [0.1, 0.15) is 0 Å². The predicted octanol–water partition coefficient (Wildman–Crippen LogP) is 2.17. The number of alkyl halides is 1. The molecule has 2 aromatic rings. The van der Waals surface area contributed by atoms with Crippen molar-refractivity contribution in [1.29, 1.82) is 0 Å². The Morgan fingerprint density at radius 3 is 2.85 bits per heavy atom. The molecule has 0 fully saturated rings. The van der Waals surface area contributed by atoms with E-state index < -0.39 is 0 Å². The summed E-state index contributed by atoms with van der Waals surface area (Å²) in [6, 6.07) is 7.71. The van der Waals surface area contributed by atoms with Crippen LogP contribution in [-0.4, -0.2) is 9.97 Å². The van der Waals surface area contributed by atoms with E-state index in [-0.39, 0.29) is 32.7 Å². The number of rotatable bonds is 1. The summed E-state index contributed by atoms with van der Waals surface area (Å²) < 4.78 is 0. The van der Waals surface area contributed by atoms with E-state index in [1.807, 2.05) is 24.3 Å². The van der Waals surface area contributed by atoms with Crippen LogP contribution in [0.15, 0.2) is 24.3 Å². The van der Waals surface area contributed by atoms with Crippen LogP contribution in [0.25, 0.3) is 10.9 Å². The monoisotopic (exact) mass is 266 g/mol. The third-order valence-corrected chi connectivity index (χ3v) is 1.82. The number of benzene rings is 1. The van der Waals surface area contributed by atoms with Gasteiger partial charge in [-0.15, -0.1) is 29.1 Å². The van der Waals surface area contributed by atoms with Crippen LogP contribution in [-0.2, 0) is 38.6 Å². The SMILES string of the molecule is ClCc1n[c-]c2ccccc2n1.[Y+3]. The zero-order chi connectivity index (χ0) is 8.39. The van der Waals surface area contributed by atoms with Crippen LogP contribution in [0.5, 0.6) is 0 Å². The number of hydrogen-bond donors (Lipinski definition) is 0. The van der Waals surface area contributed by atoms with Gasteiger partial charge in [-0.3, -0.25) is 0 Å². The fraction of sp³-hybridized carbons (Fsp3) is 0.111. The van der Waals surface area contributed by atoms with E-state index in [9.17, 15) is 0 Å². The maximum absolute atomic E-state index is 5.58. The minimum atomic E-state index is 0. The molecule has 0 atom stereocenters. The molecule has 2 nitrogen and oxygen atoms in total. The molecule has 4 heteroatoms. The molecule has 0 unspecified atom stereocenters. The van der Waals surface area contributed by atoms with Crippen LogP contribution in [0.4, 0.5) is 0 Å². The minimum absolute atomic E-state index is 0.